The lowest BCUT2D eigenvalue weighted by atomic mass is 9.76. The van der Waals surface area contributed by atoms with Gasteiger partial charge in [-0.2, -0.15) is 0 Å². The van der Waals surface area contributed by atoms with E-state index < -0.39 is 11.4 Å². The first-order chi connectivity index (χ1) is 12.4. The summed E-state index contributed by atoms with van der Waals surface area (Å²) in [6.07, 6.45) is 3.76. The van der Waals surface area contributed by atoms with Gasteiger partial charge in [-0.05, 0) is 48.7 Å². The molecule has 26 heavy (non-hydrogen) atoms. The maximum atomic E-state index is 12.7. The van der Waals surface area contributed by atoms with Crippen LogP contribution in [0.4, 0.5) is 0 Å². The molecule has 136 valence electrons. The summed E-state index contributed by atoms with van der Waals surface area (Å²) in [7, 11) is 0. The topological polar surface area (TPSA) is 79.7 Å². The number of rotatable bonds is 5. The lowest BCUT2D eigenvalue weighted by Crippen LogP contribution is -2.40. The number of nitrogens with zero attached hydrogens (tertiary/aromatic N) is 2. The highest BCUT2D eigenvalue weighted by atomic mass is 16.5. The van der Waals surface area contributed by atoms with E-state index in [0.717, 1.165) is 0 Å². The molecule has 1 amide bonds. The summed E-state index contributed by atoms with van der Waals surface area (Å²) in [5, 5.41) is 9.62. The van der Waals surface area contributed by atoms with E-state index in [1.54, 1.807) is 53.7 Å². The Morgan fingerprint density at radius 1 is 1.19 bits per heavy atom. The largest absolute Gasteiger partial charge is 0.481 e. The SMILES string of the molecule is CC(C)C1(C(=O)O)CCN(C(=O)c2ccc(Oc3cccnc3)cc2)C1. The maximum absolute atomic E-state index is 12.7. The minimum atomic E-state index is -0.862. The van der Waals surface area contributed by atoms with Crippen molar-refractivity contribution >= 4 is 11.9 Å². The summed E-state index contributed by atoms with van der Waals surface area (Å²) in [4.78, 5) is 30.1. The molecule has 0 spiro atoms. The number of hydrogen-bond acceptors (Lipinski definition) is 4. The van der Waals surface area contributed by atoms with Crippen LogP contribution in [0.5, 0.6) is 11.5 Å². The van der Waals surface area contributed by atoms with Crippen LogP contribution in [0.15, 0.2) is 48.8 Å². The fourth-order valence-electron chi connectivity index (χ4n) is 3.29. The Morgan fingerprint density at radius 3 is 2.46 bits per heavy atom. The van der Waals surface area contributed by atoms with Gasteiger partial charge >= 0.3 is 5.97 Å². The standard InChI is InChI=1S/C20H22N2O4/c1-14(2)20(19(24)25)9-11-22(13-20)18(23)15-5-7-16(8-6-15)26-17-4-3-10-21-12-17/h3-8,10,12,14H,9,11,13H2,1-2H3,(H,24,25). The summed E-state index contributed by atoms with van der Waals surface area (Å²) in [6, 6.07) is 10.4. The molecule has 0 aliphatic carbocycles. The summed E-state index contributed by atoms with van der Waals surface area (Å²) in [6.45, 7) is 4.49. The van der Waals surface area contributed by atoms with Gasteiger partial charge in [-0.25, -0.2) is 0 Å². The first kappa shape index (κ1) is 17.9. The molecule has 1 fully saturated rings. The smallest absolute Gasteiger partial charge is 0.311 e. The summed E-state index contributed by atoms with van der Waals surface area (Å²) >= 11 is 0. The van der Waals surface area contributed by atoms with Gasteiger partial charge in [0, 0.05) is 24.8 Å². The fraction of sp³-hybridized carbons (Fsp3) is 0.350. The van der Waals surface area contributed by atoms with Crippen molar-refractivity contribution in [3.8, 4) is 11.5 Å². The van der Waals surface area contributed by atoms with Crippen molar-refractivity contribution < 1.29 is 19.4 Å². The number of carboxylic acids is 1. The van der Waals surface area contributed by atoms with Crippen LogP contribution in [-0.4, -0.2) is 40.0 Å². The summed E-state index contributed by atoms with van der Waals surface area (Å²) < 4.78 is 5.67. The zero-order chi connectivity index (χ0) is 18.7. The molecule has 1 aliphatic heterocycles. The number of pyridine rings is 1. The van der Waals surface area contributed by atoms with E-state index in [1.807, 2.05) is 13.8 Å². The van der Waals surface area contributed by atoms with Crippen molar-refractivity contribution in [1.82, 2.24) is 9.88 Å². The van der Waals surface area contributed by atoms with Crippen molar-refractivity contribution in [2.45, 2.75) is 20.3 Å². The van der Waals surface area contributed by atoms with Crippen LogP contribution in [0.25, 0.3) is 0 Å². The van der Waals surface area contributed by atoms with Crippen LogP contribution in [0.2, 0.25) is 0 Å². The molecule has 1 aromatic carbocycles. The third kappa shape index (κ3) is 3.40. The Labute approximate surface area is 152 Å². The van der Waals surface area contributed by atoms with E-state index in [4.69, 9.17) is 4.74 Å². The van der Waals surface area contributed by atoms with Crippen molar-refractivity contribution in [2.75, 3.05) is 13.1 Å². The molecule has 1 aliphatic rings. The monoisotopic (exact) mass is 354 g/mol. The van der Waals surface area contributed by atoms with E-state index in [-0.39, 0.29) is 18.4 Å². The number of ether oxygens (including phenoxy) is 1. The number of amides is 1. The van der Waals surface area contributed by atoms with E-state index in [2.05, 4.69) is 4.98 Å². The van der Waals surface area contributed by atoms with E-state index in [1.165, 1.54) is 0 Å². The highest BCUT2D eigenvalue weighted by Crippen LogP contribution is 2.38. The number of hydrogen-bond donors (Lipinski definition) is 1. The van der Waals surface area contributed by atoms with Gasteiger partial charge in [0.15, 0.2) is 0 Å². The molecule has 1 atom stereocenters. The zero-order valence-electron chi connectivity index (χ0n) is 14.9. The van der Waals surface area contributed by atoms with Gasteiger partial charge in [-0.15, -0.1) is 0 Å². The minimum absolute atomic E-state index is 0.0342. The van der Waals surface area contributed by atoms with Gasteiger partial charge < -0.3 is 14.7 Å². The lowest BCUT2D eigenvalue weighted by Gasteiger charge is -2.28. The van der Waals surface area contributed by atoms with E-state index >= 15 is 0 Å². The maximum Gasteiger partial charge on any atom is 0.311 e. The van der Waals surface area contributed by atoms with Crippen molar-refractivity contribution in [2.24, 2.45) is 11.3 Å². The number of carbonyl (C=O) groups excluding carboxylic acids is 1. The number of aromatic nitrogens is 1. The van der Waals surface area contributed by atoms with Crippen LogP contribution in [0, 0.1) is 11.3 Å². The lowest BCUT2D eigenvalue weighted by molar-refractivity contribution is -0.150. The molecule has 2 aromatic rings. The zero-order valence-corrected chi connectivity index (χ0v) is 14.9. The van der Waals surface area contributed by atoms with Crippen molar-refractivity contribution in [1.29, 1.82) is 0 Å². The first-order valence-corrected chi connectivity index (χ1v) is 8.63. The van der Waals surface area contributed by atoms with Crippen LogP contribution in [0.1, 0.15) is 30.6 Å². The molecule has 1 N–H and O–H groups in total. The average Bonchev–Trinajstić information content (AvgIpc) is 3.10. The molecule has 0 saturated carbocycles. The molecule has 6 heteroatoms. The second-order valence-electron chi connectivity index (χ2n) is 6.91. The molecule has 3 rings (SSSR count). The minimum Gasteiger partial charge on any atom is -0.481 e. The van der Waals surface area contributed by atoms with Gasteiger partial charge in [-0.1, -0.05) is 13.8 Å². The molecule has 2 heterocycles. The molecule has 1 saturated heterocycles. The Kier molecular flexibility index (Phi) is 4.93. The second kappa shape index (κ2) is 7.15. The average molecular weight is 354 g/mol. The second-order valence-corrected chi connectivity index (χ2v) is 6.91. The van der Waals surface area contributed by atoms with E-state index in [0.29, 0.717) is 30.0 Å². The Bertz CT molecular complexity index is 789. The molecular formula is C20H22N2O4. The van der Waals surface area contributed by atoms with Gasteiger partial charge in [0.2, 0.25) is 0 Å². The van der Waals surface area contributed by atoms with Crippen molar-refractivity contribution in [3.05, 3.63) is 54.4 Å². The number of carboxylic acid groups (broad SMARTS) is 1. The molecule has 1 unspecified atom stereocenters. The summed E-state index contributed by atoms with van der Waals surface area (Å²) in [5.74, 6) is 0.213. The van der Waals surface area contributed by atoms with Gasteiger partial charge in [0.1, 0.15) is 11.5 Å². The molecule has 0 radical (unpaired) electrons. The fourth-order valence-corrected chi connectivity index (χ4v) is 3.29. The van der Waals surface area contributed by atoms with Gasteiger partial charge in [-0.3, -0.25) is 14.6 Å². The summed E-state index contributed by atoms with van der Waals surface area (Å²) in [5.41, 5.74) is -0.340. The predicted octanol–water partition coefficient (Wildman–Crippen LogP) is 3.45. The predicted molar refractivity (Wildman–Crippen MR) is 96.2 cm³/mol. The number of likely N-dealkylation sites (tertiary alicyclic amines) is 1. The number of aliphatic carboxylic acids is 1. The van der Waals surface area contributed by atoms with Gasteiger partial charge in [0.25, 0.3) is 5.91 Å². The molecule has 6 nitrogen and oxygen atoms in total. The normalized spacial score (nSPS) is 19.6. The van der Waals surface area contributed by atoms with Crippen LogP contribution >= 0.6 is 0 Å². The van der Waals surface area contributed by atoms with Crippen LogP contribution in [-0.2, 0) is 4.79 Å². The van der Waals surface area contributed by atoms with Crippen molar-refractivity contribution in [3.63, 3.8) is 0 Å². The number of carbonyl (C=O) groups is 2. The molecule has 1 aromatic heterocycles. The molecule has 0 bridgehead atoms. The van der Waals surface area contributed by atoms with E-state index in [9.17, 15) is 14.7 Å². The highest BCUT2D eigenvalue weighted by Gasteiger charge is 2.48. The van der Waals surface area contributed by atoms with Crippen LogP contribution in [0.3, 0.4) is 0 Å². The quantitative estimate of drug-likeness (QED) is 0.890. The Balaban J connectivity index is 1.70. The third-order valence-corrected chi connectivity index (χ3v) is 5.09. The third-order valence-electron chi connectivity index (χ3n) is 5.09. The Hall–Kier alpha value is -2.89. The Morgan fingerprint density at radius 2 is 1.92 bits per heavy atom. The highest BCUT2D eigenvalue weighted by molar-refractivity contribution is 5.95. The number of benzene rings is 1. The van der Waals surface area contributed by atoms with Gasteiger partial charge in [0.05, 0.1) is 11.6 Å². The molecular weight excluding hydrogens is 332 g/mol. The first-order valence-electron chi connectivity index (χ1n) is 8.63. The van der Waals surface area contributed by atoms with Crippen LogP contribution < -0.4 is 4.74 Å².